The number of alkyl halides is 3. The van der Waals surface area contributed by atoms with E-state index in [1.54, 1.807) is 0 Å². The third kappa shape index (κ3) is 3.65. The SMILES string of the molecule is COc1ccc(C2N=C(C(=O)NO)CO2)cc1OC(F)(F)F. The number of amides is 1. The number of benzene rings is 1. The number of methoxy groups -OCH3 is 1. The molecule has 1 aromatic carbocycles. The van der Waals surface area contributed by atoms with Crippen LogP contribution in [0.2, 0.25) is 0 Å². The number of aliphatic imine (C=N–C) groups is 1. The molecule has 7 nitrogen and oxygen atoms in total. The summed E-state index contributed by atoms with van der Waals surface area (Å²) in [5.74, 6) is -1.51. The van der Waals surface area contributed by atoms with Gasteiger partial charge in [-0.2, -0.15) is 0 Å². The molecule has 0 aromatic heterocycles. The quantitative estimate of drug-likeness (QED) is 0.649. The van der Waals surface area contributed by atoms with E-state index >= 15 is 0 Å². The third-order valence-corrected chi connectivity index (χ3v) is 2.71. The maximum atomic E-state index is 12.4. The summed E-state index contributed by atoms with van der Waals surface area (Å²) in [6.45, 7) is -0.182. The van der Waals surface area contributed by atoms with E-state index in [0.717, 1.165) is 6.07 Å². The van der Waals surface area contributed by atoms with Crippen molar-refractivity contribution in [1.29, 1.82) is 0 Å². The highest BCUT2D eigenvalue weighted by molar-refractivity contribution is 6.39. The van der Waals surface area contributed by atoms with E-state index in [4.69, 9.17) is 14.7 Å². The lowest BCUT2D eigenvalue weighted by Gasteiger charge is -2.15. The van der Waals surface area contributed by atoms with E-state index in [1.807, 2.05) is 0 Å². The van der Waals surface area contributed by atoms with Crippen LogP contribution in [0.25, 0.3) is 0 Å². The molecule has 120 valence electrons. The lowest BCUT2D eigenvalue weighted by atomic mass is 10.2. The summed E-state index contributed by atoms with van der Waals surface area (Å²) in [6, 6.07) is 3.75. The number of rotatable bonds is 4. The van der Waals surface area contributed by atoms with E-state index in [1.165, 1.54) is 24.7 Å². The van der Waals surface area contributed by atoms with E-state index in [0.29, 0.717) is 0 Å². The summed E-state index contributed by atoms with van der Waals surface area (Å²) in [6.07, 6.45) is -5.86. The van der Waals surface area contributed by atoms with Gasteiger partial charge in [-0.3, -0.25) is 10.0 Å². The van der Waals surface area contributed by atoms with Gasteiger partial charge in [0.15, 0.2) is 17.7 Å². The van der Waals surface area contributed by atoms with Gasteiger partial charge >= 0.3 is 6.36 Å². The highest BCUT2D eigenvalue weighted by Crippen LogP contribution is 2.36. The average Bonchev–Trinajstić information content (AvgIpc) is 2.94. The molecular weight excluding hydrogens is 309 g/mol. The van der Waals surface area contributed by atoms with E-state index in [9.17, 15) is 18.0 Å². The molecule has 2 rings (SSSR count). The Morgan fingerprint density at radius 3 is 2.77 bits per heavy atom. The molecule has 22 heavy (non-hydrogen) atoms. The van der Waals surface area contributed by atoms with Crippen LogP contribution in [0.3, 0.4) is 0 Å². The standard InChI is InChI=1S/C12H11F3N2O5/c1-20-8-3-2-6(4-9(8)22-12(13,14)15)11-16-7(5-21-11)10(18)17-19/h2-4,11,19H,5H2,1H3,(H,17,18). The zero-order valence-corrected chi connectivity index (χ0v) is 11.2. The molecule has 0 fully saturated rings. The molecule has 0 saturated heterocycles. The van der Waals surface area contributed by atoms with Crippen LogP contribution in [-0.4, -0.2) is 36.9 Å². The van der Waals surface area contributed by atoms with E-state index in [-0.39, 0.29) is 23.6 Å². The molecule has 2 N–H and O–H groups in total. The van der Waals surface area contributed by atoms with Gasteiger partial charge in [-0.1, -0.05) is 6.07 Å². The molecule has 1 aromatic rings. The topological polar surface area (TPSA) is 89.4 Å². The van der Waals surface area contributed by atoms with E-state index < -0.39 is 24.2 Å². The van der Waals surface area contributed by atoms with Crippen LogP contribution in [0, 0.1) is 0 Å². The molecule has 0 bridgehead atoms. The molecule has 0 saturated carbocycles. The van der Waals surface area contributed by atoms with Gasteiger partial charge in [0.1, 0.15) is 5.71 Å². The second kappa shape index (κ2) is 6.20. The lowest BCUT2D eigenvalue weighted by molar-refractivity contribution is -0.275. The van der Waals surface area contributed by atoms with Crippen LogP contribution >= 0.6 is 0 Å². The van der Waals surface area contributed by atoms with Crippen molar-refractivity contribution in [3.05, 3.63) is 23.8 Å². The van der Waals surface area contributed by atoms with Gasteiger partial charge in [0.05, 0.1) is 13.7 Å². The van der Waals surface area contributed by atoms with Crippen molar-refractivity contribution in [3.8, 4) is 11.5 Å². The molecule has 1 aliphatic rings. The average molecular weight is 320 g/mol. The summed E-state index contributed by atoms with van der Waals surface area (Å²) >= 11 is 0. The summed E-state index contributed by atoms with van der Waals surface area (Å²) in [7, 11) is 1.20. The Kier molecular flexibility index (Phi) is 4.52. The summed E-state index contributed by atoms with van der Waals surface area (Å²) in [5, 5.41) is 8.49. The van der Waals surface area contributed by atoms with Crippen LogP contribution in [0.4, 0.5) is 13.2 Å². The fourth-order valence-electron chi connectivity index (χ4n) is 1.78. The van der Waals surface area contributed by atoms with Gasteiger partial charge in [-0.05, 0) is 12.1 Å². The highest BCUT2D eigenvalue weighted by atomic mass is 19.4. The minimum Gasteiger partial charge on any atom is -0.493 e. The third-order valence-electron chi connectivity index (χ3n) is 2.71. The Balaban J connectivity index is 2.28. The van der Waals surface area contributed by atoms with E-state index in [2.05, 4.69) is 9.73 Å². The Hall–Kier alpha value is -2.33. The lowest BCUT2D eigenvalue weighted by Crippen LogP contribution is -2.28. The smallest absolute Gasteiger partial charge is 0.493 e. The van der Waals surface area contributed by atoms with Crippen LogP contribution in [0.15, 0.2) is 23.2 Å². The normalized spacial score (nSPS) is 17.9. The monoisotopic (exact) mass is 320 g/mol. The van der Waals surface area contributed by atoms with Crippen molar-refractivity contribution >= 4 is 11.6 Å². The maximum Gasteiger partial charge on any atom is 0.573 e. The predicted octanol–water partition coefficient (Wildman–Crippen LogP) is 1.57. The highest BCUT2D eigenvalue weighted by Gasteiger charge is 2.33. The summed E-state index contributed by atoms with van der Waals surface area (Å²) < 4.78 is 50.9. The first-order valence-corrected chi connectivity index (χ1v) is 5.90. The fraction of sp³-hybridized carbons (Fsp3) is 0.333. The number of halogens is 3. The zero-order chi connectivity index (χ0) is 16.3. The van der Waals surface area contributed by atoms with Crippen molar-refractivity contribution in [2.75, 3.05) is 13.7 Å². The number of carbonyl (C=O) groups excluding carboxylic acids is 1. The second-order valence-corrected chi connectivity index (χ2v) is 4.14. The summed E-state index contributed by atoms with van der Waals surface area (Å²) in [5.41, 5.74) is 1.55. The van der Waals surface area contributed by atoms with Gasteiger partial charge < -0.3 is 14.2 Å². The number of ether oxygens (including phenoxy) is 3. The molecule has 1 aliphatic heterocycles. The molecule has 1 amide bonds. The van der Waals surface area contributed by atoms with Gasteiger partial charge in [0.2, 0.25) is 0 Å². The first-order valence-electron chi connectivity index (χ1n) is 5.90. The summed E-state index contributed by atoms with van der Waals surface area (Å²) in [4.78, 5) is 15.0. The first-order chi connectivity index (χ1) is 10.3. The van der Waals surface area contributed by atoms with Crippen molar-refractivity contribution in [2.24, 2.45) is 4.99 Å². The van der Waals surface area contributed by atoms with Crippen LogP contribution in [0.5, 0.6) is 11.5 Å². The molecule has 1 atom stereocenters. The van der Waals surface area contributed by atoms with Gasteiger partial charge in [-0.25, -0.2) is 10.5 Å². The Bertz CT molecular complexity index is 603. The number of carbonyl (C=O) groups is 1. The van der Waals surface area contributed by atoms with Crippen molar-refractivity contribution in [2.45, 2.75) is 12.6 Å². The molecule has 1 unspecified atom stereocenters. The molecule has 0 radical (unpaired) electrons. The predicted molar refractivity (Wildman–Crippen MR) is 65.7 cm³/mol. The zero-order valence-electron chi connectivity index (χ0n) is 11.2. The Morgan fingerprint density at radius 2 is 2.18 bits per heavy atom. The molecular formula is C12H11F3N2O5. The van der Waals surface area contributed by atoms with Gasteiger partial charge in [-0.15, -0.1) is 13.2 Å². The first kappa shape index (κ1) is 16.0. The van der Waals surface area contributed by atoms with Crippen LogP contribution in [-0.2, 0) is 9.53 Å². The van der Waals surface area contributed by atoms with Crippen LogP contribution in [0.1, 0.15) is 11.8 Å². The fourth-order valence-corrected chi connectivity index (χ4v) is 1.78. The minimum absolute atomic E-state index is 0.0818. The van der Waals surface area contributed by atoms with Crippen molar-refractivity contribution < 1.29 is 37.4 Å². The Morgan fingerprint density at radius 1 is 1.45 bits per heavy atom. The molecule has 0 spiro atoms. The number of nitrogens with one attached hydrogen (secondary N) is 1. The van der Waals surface area contributed by atoms with Gasteiger partial charge in [0, 0.05) is 5.56 Å². The van der Waals surface area contributed by atoms with Gasteiger partial charge in [0.25, 0.3) is 5.91 Å². The number of hydrogen-bond donors (Lipinski definition) is 2. The second-order valence-electron chi connectivity index (χ2n) is 4.14. The number of hydrogen-bond acceptors (Lipinski definition) is 6. The molecule has 1 heterocycles. The molecule has 0 aliphatic carbocycles. The molecule has 10 heteroatoms. The van der Waals surface area contributed by atoms with Crippen molar-refractivity contribution in [3.63, 3.8) is 0 Å². The number of hydroxylamine groups is 1. The maximum absolute atomic E-state index is 12.4. The Labute approximate surface area is 122 Å². The van der Waals surface area contributed by atoms with Crippen molar-refractivity contribution in [1.82, 2.24) is 5.48 Å². The largest absolute Gasteiger partial charge is 0.573 e. The van der Waals surface area contributed by atoms with Crippen LogP contribution < -0.4 is 15.0 Å². The minimum atomic E-state index is -4.88. The number of nitrogens with zero attached hydrogens (tertiary/aromatic N) is 1.